The number of benzene rings is 1. The van der Waals surface area contributed by atoms with Crippen molar-refractivity contribution in [2.45, 2.75) is 0 Å². The van der Waals surface area contributed by atoms with Gasteiger partial charge in [0.25, 0.3) is 0 Å². The molecule has 2 nitrogen and oxygen atoms in total. The third kappa shape index (κ3) is 2.54. The predicted octanol–water partition coefficient (Wildman–Crippen LogP) is 3.02. The predicted molar refractivity (Wildman–Crippen MR) is 50.0 cm³/mol. The van der Waals surface area contributed by atoms with Crippen molar-refractivity contribution >= 4 is 33.5 Å². The van der Waals surface area contributed by atoms with Crippen LogP contribution in [0.3, 0.4) is 0 Å². The van der Waals surface area contributed by atoms with Gasteiger partial charge in [-0.1, -0.05) is 0 Å². The highest BCUT2D eigenvalue weighted by Gasteiger charge is 1.91. The van der Waals surface area contributed by atoms with E-state index in [4.69, 9.17) is 28.5 Å². The maximum atomic E-state index is 8.47. The molecular weight excluding hydrogens is 195 g/mol. The van der Waals surface area contributed by atoms with Gasteiger partial charge in [-0.2, -0.15) is 5.26 Å². The molecule has 0 unspecified atom stereocenters. The van der Waals surface area contributed by atoms with E-state index in [0.29, 0.717) is 11.3 Å². The molecule has 0 atom stereocenters. The van der Waals surface area contributed by atoms with Crippen molar-refractivity contribution in [3.05, 3.63) is 29.8 Å². The summed E-state index contributed by atoms with van der Waals surface area (Å²) in [5.41, 5.74) is 1.22. The molecule has 1 aromatic carbocycles. The van der Waals surface area contributed by atoms with Crippen LogP contribution in [0.15, 0.2) is 29.3 Å². The number of nitrogens with zero attached hydrogens (tertiary/aromatic N) is 2. The highest BCUT2D eigenvalue weighted by Crippen LogP contribution is 2.14. The molecule has 0 saturated heterocycles. The lowest BCUT2D eigenvalue weighted by atomic mass is 10.2. The number of nitriles is 1. The van der Waals surface area contributed by atoms with Crippen LogP contribution in [0.4, 0.5) is 5.69 Å². The van der Waals surface area contributed by atoms with Crippen LogP contribution < -0.4 is 0 Å². The Morgan fingerprint density at radius 1 is 1.25 bits per heavy atom. The lowest BCUT2D eigenvalue weighted by Crippen LogP contribution is -1.73. The highest BCUT2D eigenvalue weighted by molar-refractivity contribution is 6.95. The second-order valence-corrected chi connectivity index (χ2v) is 2.92. The third-order valence-corrected chi connectivity index (χ3v) is 1.38. The molecular formula is C8H4Cl2N2. The molecule has 0 spiro atoms. The van der Waals surface area contributed by atoms with Gasteiger partial charge in [0.15, 0.2) is 4.63 Å². The number of hydrogen-bond donors (Lipinski definition) is 0. The summed E-state index contributed by atoms with van der Waals surface area (Å²) < 4.78 is -0.0419. The Balaban J connectivity index is 2.95. The Hall–Kier alpha value is -1.04. The molecule has 0 radical (unpaired) electrons. The topological polar surface area (TPSA) is 36.1 Å². The van der Waals surface area contributed by atoms with Crippen LogP contribution in [0.1, 0.15) is 5.56 Å². The van der Waals surface area contributed by atoms with E-state index in [1.807, 2.05) is 6.07 Å². The fourth-order valence-corrected chi connectivity index (χ4v) is 0.903. The van der Waals surface area contributed by atoms with Crippen LogP contribution in [-0.2, 0) is 0 Å². The Kier molecular flexibility index (Phi) is 3.09. The van der Waals surface area contributed by atoms with Crippen LogP contribution in [0.5, 0.6) is 0 Å². The molecule has 0 fully saturated rings. The van der Waals surface area contributed by atoms with Crippen LogP contribution in [0.2, 0.25) is 0 Å². The normalized spacial score (nSPS) is 8.75. The van der Waals surface area contributed by atoms with Crippen molar-refractivity contribution in [3.63, 3.8) is 0 Å². The number of aliphatic imine (C=N–C) groups is 1. The van der Waals surface area contributed by atoms with E-state index >= 15 is 0 Å². The Morgan fingerprint density at radius 2 is 1.83 bits per heavy atom. The lowest BCUT2D eigenvalue weighted by molar-refractivity contribution is 1.47. The standard InChI is InChI=1S/C8H4Cl2N2/c9-8(10)12-7-3-1-6(5-11)2-4-7/h1-4H. The van der Waals surface area contributed by atoms with E-state index in [0.717, 1.165) is 0 Å². The minimum atomic E-state index is -0.0419. The molecule has 0 aromatic heterocycles. The Morgan fingerprint density at radius 3 is 2.25 bits per heavy atom. The van der Waals surface area contributed by atoms with Crippen molar-refractivity contribution in [3.8, 4) is 6.07 Å². The zero-order valence-corrected chi connectivity index (χ0v) is 7.47. The summed E-state index contributed by atoms with van der Waals surface area (Å²) in [6, 6.07) is 8.63. The molecule has 0 amide bonds. The van der Waals surface area contributed by atoms with Crippen molar-refractivity contribution in [2.24, 2.45) is 4.99 Å². The molecule has 4 heteroatoms. The van der Waals surface area contributed by atoms with E-state index < -0.39 is 0 Å². The monoisotopic (exact) mass is 198 g/mol. The molecule has 0 heterocycles. The molecule has 0 aliphatic heterocycles. The maximum Gasteiger partial charge on any atom is 0.197 e. The summed E-state index contributed by atoms with van der Waals surface area (Å²) in [4.78, 5) is 3.77. The Bertz CT molecular complexity index is 331. The van der Waals surface area contributed by atoms with Crippen LogP contribution in [-0.4, -0.2) is 4.63 Å². The van der Waals surface area contributed by atoms with Gasteiger partial charge in [0.1, 0.15) is 0 Å². The van der Waals surface area contributed by atoms with Gasteiger partial charge in [-0.05, 0) is 47.5 Å². The smallest absolute Gasteiger partial charge is 0.197 e. The molecule has 1 aromatic rings. The molecule has 60 valence electrons. The van der Waals surface area contributed by atoms with Gasteiger partial charge >= 0.3 is 0 Å². The number of rotatable bonds is 1. The quantitative estimate of drug-likeness (QED) is 0.640. The van der Waals surface area contributed by atoms with E-state index in [1.165, 1.54) is 0 Å². The van der Waals surface area contributed by atoms with Gasteiger partial charge < -0.3 is 0 Å². The van der Waals surface area contributed by atoms with Gasteiger partial charge in [0.2, 0.25) is 0 Å². The lowest BCUT2D eigenvalue weighted by Gasteiger charge is -1.91. The van der Waals surface area contributed by atoms with Crippen molar-refractivity contribution in [2.75, 3.05) is 0 Å². The zero-order chi connectivity index (χ0) is 8.97. The molecule has 1 rings (SSSR count). The fourth-order valence-electron chi connectivity index (χ4n) is 0.708. The van der Waals surface area contributed by atoms with E-state index in [-0.39, 0.29) is 4.63 Å². The first kappa shape index (κ1) is 9.05. The van der Waals surface area contributed by atoms with E-state index in [9.17, 15) is 0 Å². The second-order valence-electron chi connectivity index (χ2n) is 2.01. The van der Waals surface area contributed by atoms with Crippen LogP contribution in [0, 0.1) is 11.3 Å². The summed E-state index contributed by atoms with van der Waals surface area (Å²) in [6.45, 7) is 0. The summed E-state index contributed by atoms with van der Waals surface area (Å²) in [5.74, 6) is 0. The molecule has 12 heavy (non-hydrogen) atoms. The molecule has 0 aliphatic carbocycles. The maximum absolute atomic E-state index is 8.47. The largest absolute Gasteiger partial charge is 0.225 e. The summed E-state index contributed by atoms with van der Waals surface area (Å²) in [7, 11) is 0. The zero-order valence-electron chi connectivity index (χ0n) is 5.96. The molecule has 0 N–H and O–H groups in total. The highest BCUT2D eigenvalue weighted by atomic mass is 35.5. The first-order valence-corrected chi connectivity index (χ1v) is 3.88. The van der Waals surface area contributed by atoms with Crippen molar-refractivity contribution < 1.29 is 0 Å². The van der Waals surface area contributed by atoms with Gasteiger partial charge in [-0.15, -0.1) is 0 Å². The first-order valence-electron chi connectivity index (χ1n) is 3.12. The summed E-state index contributed by atoms with van der Waals surface area (Å²) >= 11 is 10.7. The molecule has 0 aliphatic rings. The third-order valence-electron chi connectivity index (χ3n) is 1.21. The average molecular weight is 199 g/mol. The summed E-state index contributed by atoms with van der Waals surface area (Å²) in [5, 5.41) is 8.47. The van der Waals surface area contributed by atoms with Crippen molar-refractivity contribution in [1.29, 1.82) is 5.26 Å². The second kappa shape index (κ2) is 4.10. The number of halogens is 2. The molecule has 0 saturated carbocycles. The average Bonchev–Trinajstić information content (AvgIpc) is 2.05. The van der Waals surface area contributed by atoms with E-state index in [1.54, 1.807) is 24.3 Å². The van der Waals surface area contributed by atoms with Gasteiger partial charge in [0.05, 0.1) is 17.3 Å². The molecule has 0 bridgehead atoms. The van der Waals surface area contributed by atoms with Gasteiger partial charge in [0, 0.05) is 0 Å². The van der Waals surface area contributed by atoms with E-state index in [2.05, 4.69) is 4.99 Å². The first-order chi connectivity index (χ1) is 5.72. The van der Waals surface area contributed by atoms with Crippen molar-refractivity contribution in [1.82, 2.24) is 0 Å². The summed E-state index contributed by atoms with van der Waals surface area (Å²) in [6.07, 6.45) is 0. The fraction of sp³-hybridized carbons (Fsp3) is 0. The van der Waals surface area contributed by atoms with Crippen LogP contribution in [0.25, 0.3) is 0 Å². The minimum Gasteiger partial charge on any atom is -0.225 e. The van der Waals surface area contributed by atoms with Crippen LogP contribution >= 0.6 is 23.2 Å². The number of hydrogen-bond acceptors (Lipinski definition) is 2. The van der Waals surface area contributed by atoms with Gasteiger partial charge in [-0.25, -0.2) is 4.99 Å². The Labute approximate surface area is 80.1 Å². The van der Waals surface area contributed by atoms with Gasteiger partial charge in [-0.3, -0.25) is 0 Å². The SMILES string of the molecule is N#Cc1ccc(N=C(Cl)Cl)cc1. The minimum absolute atomic E-state index is 0.0419.